The molecular weight excluding hydrogens is 164 g/mol. The Labute approximate surface area is 81.4 Å². The van der Waals surface area contributed by atoms with E-state index >= 15 is 0 Å². The lowest BCUT2D eigenvalue weighted by Crippen LogP contribution is -2.36. The summed E-state index contributed by atoms with van der Waals surface area (Å²) < 4.78 is 5.31. The summed E-state index contributed by atoms with van der Waals surface area (Å²) >= 11 is 0. The van der Waals surface area contributed by atoms with E-state index in [1.807, 2.05) is 6.92 Å². The fourth-order valence-electron chi connectivity index (χ4n) is 1.74. The maximum absolute atomic E-state index is 5.31. The van der Waals surface area contributed by atoms with Crippen LogP contribution in [-0.4, -0.2) is 50.8 Å². The SMILES string of the molecule is CCOCCN(C)CC1CCCN1. The molecule has 0 aliphatic carbocycles. The Kier molecular flexibility index (Phi) is 5.35. The highest BCUT2D eigenvalue weighted by Gasteiger charge is 2.15. The standard InChI is InChI=1S/C10H22N2O/c1-3-13-8-7-12(2)9-10-5-4-6-11-10/h10-11H,3-9H2,1-2H3. The summed E-state index contributed by atoms with van der Waals surface area (Å²) in [6.45, 7) is 7.14. The highest BCUT2D eigenvalue weighted by molar-refractivity contribution is 4.76. The van der Waals surface area contributed by atoms with Crippen LogP contribution in [0.4, 0.5) is 0 Å². The van der Waals surface area contributed by atoms with Crippen molar-refractivity contribution in [2.45, 2.75) is 25.8 Å². The number of nitrogens with one attached hydrogen (secondary N) is 1. The Hall–Kier alpha value is -0.120. The molecule has 1 N–H and O–H groups in total. The Morgan fingerprint density at radius 3 is 3.00 bits per heavy atom. The van der Waals surface area contributed by atoms with Crippen molar-refractivity contribution in [3.63, 3.8) is 0 Å². The second kappa shape index (κ2) is 6.35. The number of nitrogens with zero attached hydrogens (tertiary/aromatic N) is 1. The Morgan fingerprint density at radius 2 is 2.38 bits per heavy atom. The molecule has 3 nitrogen and oxygen atoms in total. The predicted molar refractivity (Wildman–Crippen MR) is 55.0 cm³/mol. The minimum Gasteiger partial charge on any atom is -0.380 e. The summed E-state index contributed by atoms with van der Waals surface area (Å²) in [6, 6.07) is 0.714. The Bertz CT molecular complexity index is 124. The van der Waals surface area contributed by atoms with E-state index in [0.717, 1.165) is 26.3 Å². The molecule has 0 radical (unpaired) electrons. The molecule has 0 aromatic heterocycles. The van der Waals surface area contributed by atoms with Gasteiger partial charge in [-0.25, -0.2) is 0 Å². The Balaban J connectivity index is 1.99. The largest absolute Gasteiger partial charge is 0.380 e. The van der Waals surface area contributed by atoms with E-state index in [9.17, 15) is 0 Å². The van der Waals surface area contributed by atoms with Gasteiger partial charge in [-0.1, -0.05) is 0 Å². The zero-order chi connectivity index (χ0) is 9.52. The first-order valence-corrected chi connectivity index (χ1v) is 5.32. The first-order valence-electron chi connectivity index (χ1n) is 5.32. The molecule has 1 aliphatic heterocycles. The molecule has 0 saturated carbocycles. The van der Waals surface area contributed by atoms with Crippen molar-refractivity contribution in [1.82, 2.24) is 10.2 Å². The number of ether oxygens (including phenoxy) is 1. The van der Waals surface area contributed by atoms with E-state index in [2.05, 4.69) is 17.3 Å². The molecular formula is C10H22N2O. The number of hydrogen-bond acceptors (Lipinski definition) is 3. The van der Waals surface area contributed by atoms with Gasteiger partial charge >= 0.3 is 0 Å². The van der Waals surface area contributed by atoms with Crippen molar-refractivity contribution in [2.24, 2.45) is 0 Å². The van der Waals surface area contributed by atoms with E-state index in [1.54, 1.807) is 0 Å². The molecule has 3 heteroatoms. The second-order valence-electron chi connectivity index (χ2n) is 3.75. The van der Waals surface area contributed by atoms with Crippen LogP contribution in [0.15, 0.2) is 0 Å². The normalized spacial score (nSPS) is 22.8. The molecule has 0 spiro atoms. The molecule has 78 valence electrons. The average molecular weight is 186 g/mol. The van der Waals surface area contributed by atoms with E-state index in [0.29, 0.717) is 6.04 Å². The molecule has 0 aromatic carbocycles. The highest BCUT2D eigenvalue weighted by atomic mass is 16.5. The minimum atomic E-state index is 0.714. The third kappa shape index (κ3) is 4.60. The second-order valence-corrected chi connectivity index (χ2v) is 3.75. The van der Waals surface area contributed by atoms with Crippen LogP contribution in [0.1, 0.15) is 19.8 Å². The maximum Gasteiger partial charge on any atom is 0.0593 e. The number of likely N-dealkylation sites (N-methyl/N-ethyl adjacent to an activating group) is 1. The van der Waals surface area contributed by atoms with Crippen LogP contribution in [0.5, 0.6) is 0 Å². The van der Waals surface area contributed by atoms with Gasteiger partial charge in [0.15, 0.2) is 0 Å². The van der Waals surface area contributed by atoms with Crippen molar-refractivity contribution in [1.29, 1.82) is 0 Å². The van der Waals surface area contributed by atoms with Crippen molar-refractivity contribution in [3.8, 4) is 0 Å². The summed E-state index contributed by atoms with van der Waals surface area (Å²) in [5.41, 5.74) is 0. The average Bonchev–Trinajstić information content (AvgIpc) is 2.57. The zero-order valence-electron chi connectivity index (χ0n) is 8.88. The van der Waals surface area contributed by atoms with Gasteiger partial charge in [0.2, 0.25) is 0 Å². The quantitative estimate of drug-likeness (QED) is 0.618. The first-order chi connectivity index (χ1) is 6.33. The molecule has 13 heavy (non-hydrogen) atoms. The van der Waals surface area contributed by atoms with E-state index < -0.39 is 0 Å². The fraction of sp³-hybridized carbons (Fsp3) is 1.00. The van der Waals surface area contributed by atoms with Crippen LogP contribution in [0.2, 0.25) is 0 Å². The molecule has 1 heterocycles. The van der Waals surface area contributed by atoms with E-state index in [-0.39, 0.29) is 0 Å². The van der Waals surface area contributed by atoms with Gasteiger partial charge in [-0.2, -0.15) is 0 Å². The highest BCUT2D eigenvalue weighted by Crippen LogP contribution is 2.05. The predicted octanol–water partition coefficient (Wildman–Crippen LogP) is 0.707. The minimum absolute atomic E-state index is 0.714. The summed E-state index contributed by atoms with van der Waals surface area (Å²) in [6.07, 6.45) is 2.67. The third-order valence-corrected chi connectivity index (χ3v) is 2.52. The summed E-state index contributed by atoms with van der Waals surface area (Å²) in [5.74, 6) is 0. The van der Waals surface area contributed by atoms with Crippen LogP contribution in [0, 0.1) is 0 Å². The van der Waals surface area contributed by atoms with Crippen molar-refractivity contribution in [3.05, 3.63) is 0 Å². The zero-order valence-corrected chi connectivity index (χ0v) is 8.88. The van der Waals surface area contributed by atoms with Crippen LogP contribution >= 0.6 is 0 Å². The third-order valence-electron chi connectivity index (χ3n) is 2.52. The van der Waals surface area contributed by atoms with Crippen molar-refractivity contribution < 1.29 is 4.74 Å². The van der Waals surface area contributed by atoms with Crippen molar-refractivity contribution >= 4 is 0 Å². The lowest BCUT2D eigenvalue weighted by atomic mass is 10.2. The number of rotatable bonds is 6. The van der Waals surface area contributed by atoms with Gasteiger partial charge in [0.05, 0.1) is 6.61 Å². The van der Waals surface area contributed by atoms with Gasteiger partial charge in [-0.15, -0.1) is 0 Å². The summed E-state index contributed by atoms with van der Waals surface area (Å²) in [5, 5.41) is 3.50. The molecule has 1 aliphatic rings. The van der Waals surface area contributed by atoms with Gasteiger partial charge in [0.25, 0.3) is 0 Å². The lowest BCUT2D eigenvalue weighted by Gasteiger charge is -2.20. The topological polar surface area (TPSA) is 24.5 Å². The van der Waals surface area contributed by atoms with Crippen LogP contribution in [0.25, 0.3) is 0 Å². The summed E-state index contributed by atoms with van der Waals surface area (Å²) in [4.78, 5) is 2.35. The summed E-state index contributed by atoms with van der Waals surface area (Å²) in [7, 11) is 2.17. The molecule has 1 unspecified atom stereocenters. The van der Waals surface area contributed by atoms with Crippen molar-refractivity contribution in [2.75, 3.05) is 39.9 Å². The fourth-order valence-corrected chi connectivity index (χ4v) is 1.74. The number of hydrogen-bond donors (Lipinski definition) is 1. The molecule has 1 saturated heterocycles. The van der Waals surface area contributed by atoms with E-state index in [1.165, 1.54) is 19.4 Å². The smallest absolute Gasteiger partial charge is 0.0593 e. The van der Waals surface area contributed by atoms with E-state index in [4.69, 9.17) is 4.74 Å². The molecule has 1 rings (SSSR count). The molecule has 0 bridgehead atoms. The van der Waals surface area contributed by atoms with Crippen LogP contribution in [0.3, 0.4) is 0 Å². The molecule has 1 fully saturated rings. The van der Waals surface area contributed by atoms with Gasteiger partial charge in [0, 0.05) is 25.7 Å². The van der Waals surface area contributed by atoms with Crippen LogP contribution in [-0.2, 0) is 4.74 Å². The molecule has 0 amide bonds. The Morgan fingerprint density at radius 1 is 1.54 bits per heavy atom. The van der Waals surface area contributed by atoms with Gasteiger partial charge in [-0.3, -0.25) is 0 Å². The van der Waals surface area contributed by atoms with Gasteiger partial charge in [-0.05, 0) is 33.4 Å². The molecule has 0 aromatic rings. The lowest BCUT2D eigenvalue weighted by molar-refractivity contribution is 0.119. The maximum atomic E-state index is 5.31. The van der Waals surface area contributed by atoms with Gasteiger partial charge in [0.1, 0.15) is 0 Å². The first kappa shape index (κ1) is 11.0. The molecule has 1 atom stereocenters. The van der Waals surface area contributed by atoms with Crippen LogP contribution < -0.4 is 5.32 Å². The monoisotopic (exact) mass is 186 g/mol. The van der Waals surface area contributed by atoms with Gasteiger partial charge < -0.3 is 15.0 Å².